The number of allylic oxidation sites excluding steroid dienone is 1. The Morgan fingerprint density at radius 2 is 2.33 bits per heavy atom. The van der Waals surface area contributed by atoms with Crippen LogP contribution >= 0.6 is 11.3 Å². The Labute approximate surface area is 131 Å². The maximum atomic E-state index is 4.74. The smallest absolute Gasteiger partial charge is 0.193 e. The molecule has 1 atom stereocenters. The van der Waals surface area contributed by atoms with Crippen LogP contribution in [-0.2, 0) is 6.42 Å². The van der Waals surface area contributed by atoms with Crippen LogP contribution in [0.1, 0.15) is 51.1 Å². The molecule has 0 amide bonds. The zero-order chi connectivity index (χ0) is 14.5. The lowest BCUT2D eigenvalue weighted by Crippen LogP contribution is -2.32. The van der Waals surface area contributed by atoms with Crippen molar-refractivity contribution in [2.75, 3.05) is 6.54 Å². The predicted molar refractivity (Wildman–Crippen MR) is 90.0 cm³/mol. The normalized spacial score (nSPS) is 17.1. The van der Waals surface area contributed by atoms with E-state index in [2.05, 4.69) is 40.5 Å². The van der Waals surface area contributed by atoms with Crippen molar-refractivity contribution in [1.29, 1.82) is 0 Å². The number of thiazole rings is 1. The van der Waals surface area contributed by atoms with Gasteiger partial charge in [-0.3, -0.25) is 4.40 Å². The molecule has 2 aromatic rings. The molecule has 0 aromatic carbocycles. The summed E-state index contributed by atoms with van der Waals surface area (Å²) in [6.07, 6.45) is 15.5. The Balaban J connectivity index is 1.66. The lowest BCUT2D eigenvalue weighted by Gasteiger charge is -2.21. The fourth-order valence-electron chi connectivity index (χ4n) is 3.10. The van der Waals surface area contributed by atoms with Crippen LogP contribution in [-0.4, -0.2) is 22.0 Å². The van der Waals surface area contributed by atoms with Gasteiger partial charge in [0.05, 0.1) is 5.69 Å². The zero-order valence-corrected chi connectivity index (χ0v) is 13.7. The molecule has 0 radical (unpaired) electrons. The summed E-state index contributed by atoms with van der Waals surface area (Å²) in [6, 6.07) is 0.527. The monoisotopic (exact) mass is 303 g/mol. The minimum atomic E-state index is 0.527. The van der Waals surface area contributed by atoms with Crippen LogP contribution in [0.3, 0.4) is 0 Å². The molecule has 2 heterocycles. The number of nitrogens with one attached hydrogen (secondary N) is 1. The second-order valence-electron chi connectivity index (χ2n) is 5.99. The minimum absolute atomic E-state index is 0.527. The first-order valence-corrected chi connectivity index (χ1v) is 9.05. The van der Waals surface area contributed by atoms with Crippen molar-refractivity contribution in [3.8, 4) is 0 Å². The molecule has 0 saturated heterocycles. The minimum Gasteiger partial charge on any atom is -0.313 e. The van der Waals surface area contributed by atoms with Crippen LogP contribution in [0.2, 0.25) is 0 Å². The number of hydrogen-bond acceptors (Lipinski definition) is 3. The van der Waals surface area contributed by atoms with Crippen molar-refractivity contribution in [2.45, 2.75) is 57.9 Å². The van der Waals surface area contributed by atoms with E-state index in [0.717, 1.165) is 17.9 Å². The highest BCUT2D eigenvalue weighted by Crippen LogP contribution is 2.23. The summed E-state index contributed by atoms with van der Waals surface area (Å²) >= 11 is 1.71. The van der Waals surface area contributed by atoms with Crippen molar-refractivity contribution < 1.29 is 0 Å². The molecule has 0 spiro atoms. The molecule has 0 fully saturated rings. The van der Waals surface area contributed by atoms with Gasteiger partial charge in [-0.1, -0.05) is 18.6 Å². The molecule has 3 nitrogen and oxygen atoms in total. The van der Waals surface area contributed by atoms with Gasteiger partial charge in [0, 0.05) is 30.2 Å². The van der Waals surface area contributed by atoms with Gasteiger partial charge in [0.1, 0.15) is 0 Å². The summed E-state index contributed by atoms with van der Waals surface area (Å²) in [6.45, 7) is 3.33. The maximum absolute atomic E-state index is 4.74. The number of hydrogen-bond donors (Lipinski definition) is 1. The largest absolute Gasteiger partial charge is 0.313 e. The lowest BCUT2D eigenvalue weighted by molar-refractivity contribution is 0.487. The Morgan fingerprint density at radius 3 is 3.10 bits per heavy atom. The fraction of sp³-hybridized carbons (Fsp3) is 0.588. The van der Waals surface area contributed by atoms with Crippen LogP contribution in [0.25, 0.3) is 4.96 Å². The van der Waals surface area contributed by atoms with E-state index in [4.69, 9.17) is 4.98 Å². The van der Waals surface area contributed by atoms with Gasteiger partial charge in [0.2, 0.25) is 0 Å². The molecule has 0 aliphatic heterocycles. The fourth-order valence-corrected chi connectivity index (χ4v) is 3.82. The van der Waals surface area contributed by atoms with E-state index in [1.165, 1.54) is 44.2 Å². The van der Waals surface area contributed by atoms with Crippen LogP contribution in [0.5, 0.6) is 0 Å². The number of aromatic nitrogens is 2. The molecule has 4 heteroatoms. The van der Waals surface area contributed by atoms with Crippen molar-refractivity contribution in [3.63, 3.8) is 0 Å². The van der Waals surface area contributed by atoms with Gasteiger partial charge >= 0.3 is 0 Å². The van der Waals surface area contributed by atoms with Gasteiger partial charge in [-0.2, -0.15) is 0 Å². The average Bonchev–Trinajstić information content (AvgIpc) is 3.07. The summed E-state index contributed by atoms with van der Waals surface area (Å²) in [5, 5.41) is 5.80. The summed E-state index contributed by atoms with van der Waals surface area (Å²) in [5.74, 6) is 0. The van der Waals surface area contributed by atoms with Crippen LogP contribution < -0.4 is 5.32 Å². The Kier molecular flexibility index (Phi) is 5.09. The highest BCUT2D eigenvalue weighted by Gasteiger charge is 2.15. The van der Waals surface area contributed by atoms with Crippen LogP contribution in [0.15, 0.2) is 29.4 Å². The maximum Gasteiger partial charge on any atom is 0.193 e. The first-order chi connectivity index (χ1) is 10.3. The van der Waals surface area contributed by atoms with Crippen molar-refractivity contribution in [2.24, 2.45) is 0 Å². The standard InChI is InChI=1S/C17H25N3S/c1-2-8-18-15(11-14-6-4-3-5-7-14)12-16-13-20-9-10-21-17(20)19-16/h6,9-10,13,15,18H,2-5,7-8,11-12H2,1H3. The highest BCUT2D eigenvalue weighted by atomic mass is 32.1. The van der Waals surface area contributed by atoms with Crippen LogP contribution in [0.4, 0.5) is 0 Å². The van der Waals surface area contributed by atoms with Crippen molar-refractivity contribution >= 4 is 16.3 Å². The summed E-state index contributed by atoms with van der Waals surface area (Å²) in [4.78, 5) is 5.84. The molecule has 2 aromatic heterocycles. The first-order valence-electron chi connectivity index (χ1n) is 8.17. The van der Waals surface area contributed by atoms with E-state index in [9.17, 15) is 0 Å². The van der Waals surface area contributed by atoms with Crippen molar-refractivity contribution in [1.82, 2.24) is 14.7 Å². The zero-order valence-electron chi connectivity index (χ0n) is 12.8. The SMILES string of the molecule is CCCNC(CC1=CCCCC1)Cc1cn2ccsc2n1. The van der Waals surface area contributed by atoms with Crippen molar-refractivity contribution in [3.05, 3.63) is 35.1 Å². The van der Waals surface area contributed by atoms with Gasteiger partial charge < -0.3 is 5.32 Å². The predicted octanol–water partition coefficient (Wildman–Crippen LogP) is 4.20. The number of fused-ring (bicyclic) bond motifs is 1. The second kappa shape index (κ2) is 7.23. The molecular formula is C17H25N3S. The molecule has 1 aliphatic carbocycles. The molecular weight excluding hydrogens is 278 g/mol. The molecule has 0 bridgehead atoms. The van der Waals surface area contributed by atoms with Crippen LogP contribution in [0, 0.1) is 0 Å². The van der Waals surface area contributed by atoms with E-state index in [-0.39, 0.29) is 0 Å². The quantitative estimate of drug-likeness (QED) is 0.777. The van der Waals surface area contributed by atoms with E-state index in [1.54, 1.807) is 16.9 Å². The number of nitrogens with zero attached hydrogens (tertiary/aromatic N) is 2. The lowest BCUT2D eigenvalue weighted by atomic mass is 9.93. The highest BCUT2D eigenvalue weighted by molar-refractivity contribution is 7.15. The summed E-state index contributed by atoms with van der Waals surface area (Å²) in [7, 11) is 0. The number of rotatable bonds is 7. The third-order valence-corrected chi connectivity index (χ3v) is 4.95. The van der Waals surface area contributed by atoms with Gasteiger partial charge in [0.15, 0.2) is 4.96 Å². The third-order valence-electron chi connectivity index (χ3n) is 4.18. The average molecular weight is 303 g/mol. The first kappa shape index (κ1) is 14.8. The Bertz CT molecular complexity index is 567. The molecule has 114 valence electrons. The second-order valence-corrected chi connectivity index (χ2v) is 6.87. The molecule has 0 saturated carbocycles. The van der Waals surface area contributed by atoms with E-state index in [1.807, 2.05) is 0 Å². The van der Waals surface area contributed by atoms with Gasteiger partial charge in [-0.15, -0.1) is 11.3 Å². The number of imidazole rings is 1. The van der Waals surface area contributed by atoms with Gasteiger partial charge in [0.25, 0.3) is 0 Å². The molecule has 1 N–H and O–H groups in total. The van der Waals surface area contributed by atoms with Gasteiger partial charge in [-0.05, 0) is 45.1 Å². The molecule has 1 unspecified atom stereocenters. The topological polar surface area (TPSA) is 29.3 Å². The molecule has 3 rings (SSSR count). The molecule has 21 heavy (non-hydrogen) atoms. The third kappa shape index (κ3) is 3.95. The summed E-state index contributed by atoms with van der Waals surface area (Å²) in [5.41, 5.74) is 2.86. The van der Waals surface area contributed by atoms with E-state index >= 15 is 0 Å². The van der Waals surface area contributed by atoms with Gasteiger partial charge in [-0.25, -0.2) is 4.98 Å². The molecule has 1 aliphatic rings. The Morgan fingerprint density at radius 1 is 1.38 bits per heavy atom. The Hall–Kier alpha value is -1.13. The summed E-state index contributed by atoms with van der Waals surface area (Å²) < 4.78 is 2.14. The van der Waals surface area contributed by atoms with E-state index in [0.29, 0.717) is 6.04 Å². The van der Waals surface area contributed by atoms with E-state index < -0.39 is 0 Å².